The maximum absolute atomic E-state index is 12.7. The van der Waals surface area contributed by atoms with E-state index in [1.165, 1.54) is 6.08 Å². The molecule has 1 N–H and O–H groups in total. The fraction of sp³-hybridized carbons (Fsp3) is 0.231. The van der Waals surface area contributed by atoms with Crippen LogP contribution in [0.15, 0.2) is 59.0 Å². The minimum Gasteiger partial charge on any atom is -0.457 e. The van der Waals surface area contributed by atoms with Gasteiger partial charge >= 0.3 is 0 Å². The summed E-state index contributed by atoms with van der Waals surface area (Å²) in [7, 11) is 0. The summed E-state index contributed by atoms with van der Waals surface area (Å²) in [6.07, 6.45) is 3.49. The summed E-state index contributed by atoms with van der Waals surface area (Å²) in [4.78, 5) is 28.7. The Hall–Kier alpha value is -2.93. The van der Waals surface area contributed by atoms with Crippen molar-refractivity contribution in [3.63, 3.8) is 0 Å². The maximum Gasteiger partial charge on any atom is 0.248 e. The zero-order valence-corrected chi connectivity index (χ0v) is 21.3. The Bertz CT molecular complexity index is 1240. The Balaban J connectivity index is 1.44. The van der Waals surface area contributed by atoms with E-state index >= 15 is 0 Å². The zero-order valence-electron chi connectivity index (χ0n) is 19.1. The van der Waals surface area contributed by atoms with Crippen molar-refractivity contribution in [2.45, 2.75) is 13.3 Å². The van der Waals surface area contributed by atoms with Crippen LogP contribution in [0.3, 0.4) is 0 Å². The van der Waals surface area contributed by atoms with Crippen LogP contribution in [-0.2, 0) is 9.59 Å². The van der Waals surface area contributed by atoms with Crippen molar-refractivity contribution in [3.8, 4) is 11.3 Å². The van der Waals surface area contributed by atoms with Crippen LogP contribution < -0.4 is 10.2 Å². The van der Waals surface area contributed by atoms with Crippen molar-refractivity contribution in [2.24, 2.45) is 0 Å². The molecule has 0 aliphatic carbocycles. The number of hydrogen-bond acceptors (Lipinski definition) is 4. The molecule has 1 fully saturated rings. The van der Waals surface area contributed by atoms with Crippen molar-refractivity contribution in [1.29, 1.82) is 0 Å². The minimum absolute atomic E-state index is 0.152. The molecule has 2 amide bonds. The molecule has 0 unspecified atom stereocenters. The van der Waals surface area contributed by atoms with Gasteiger partial charge < -0.3 is 19.5 Å². The van der Waals surface area contributed by atoms with Crippen LogP contribution in [0.1, 0.15) is 19.1 Å². The summed E-state index contributed by atoms with van der Waals surface area (Å²) in [6, 6.07) is 14.1. The van der Waals surface area contributed by atoms with Gasteiger partial charge in [0.2, 0.25) is 11.8 Å². The molecule has 6 nitrogen and oxygen atoms in total. The third-order valence-corrected chi connectivity index (χ3v) is 6.34. The second-order valence-corrected chi connectivity index (χ2v) is 9.37. The standard InChI is InChI=1S/C26H24Cl3N3O3/c1-2-26(34)32-11-9-31(10-12-32)23-6-3-18(27)16-22(23)30-25(33)8-5-21-4-7-24(35-21)17-13-19(28)15-20(29)14-17/h3-8,13-16H,2,9-12H2,1H3,(H,30,33)/b8-5+. The molecule has 1 aliphatic heterocycles. The van der Waals surface area contributed by atoms with E-state index in [2.05, 4.69) is 10.2 Å². The highest BCUT2D eigenvalue weighted by Crippen LogP contribution is 2.31. The summed E-state index contributed by atoms with van der Waals surface area (Å²) in [5, 5.41) is 4.45. The van der Waals surface area contributed by atoms with Crippen molar-refractivity contribution in [3.05, 3.63) is 75.4 Å². The average molecular weight is 533 g/mol. The predicted octanol–water partition coefficient (Wildman–Crippen LogP) is 6.62. The lowest BCUT2D eigenvalue weighted by atomic mass is 10.2. The Labute approximate surface area is 219 Å². The highest BCUT2D eigenvalue weighted by Gasteiger charge is 2.22. The third kappa shape index (κ3) is 6.40. The quantitative estimate of drug-likeness (QED) is 0.363. The molecule has 1 saturated heterocycles. The largest absolute Gasteiger partial charge is 0.457 e. The number of hydrogen-bond donors (Lipinski definition) is 1. The SMILES string of the molecule is CCC(=O)N1CCN(c2ccc(Cl)cc2NC(=O)/C=C/c2ccc(-c3cc(Cl)cc(Cl)c3)o2)CC1. The van der Waals surface area contributed by atoms with Gasteiger partial charge in [-0.1, -0.05) is 41.7 Å². The van der Waals surface area contributed by atoms with Crippen molar-refractivity contribution in [1.82, 2.24) is 4.90 Å². The van der Waals surface area contributed by atoms with E-state index in [9.17, 15) is 9.59 Å². The van der Waals surface area contributed by atoms with Gasteiger partial charge in [-0.05, 0) is 54.6 Å². The monoisotopic (exact) mass is 531 g/mol. The first-order chi connectivity index (χ1) is 16.8. The molecular weight excluding hydrogens is 509 g/mol. The van der Waals surface area contributed by atoms with E-state index in [0.717, 1.165) is 11.3 Å². The number of anilines is 2. The van der Waals surface area contributed by atoms with Gasteiger partial charge in [-0.25, -0.2) is 0 Å². The smallest absolute Gasteiger partial charge is 0.248 e. The van der Waals surface area contributed by atoms with Crippen molar-refractivity contribution >= 4 is 64.1 Å². The van der Waals surface area contributed by atoms with Crippen LogP contribution in [0, 0.1) is 0 Å². The van der Waals surface area contributed by atoms with E-state index in [1.54, 1.807) is 48.5 Å². The number of halogens is 3. The van der Waals surface area contributed by atoms with Gasteiger partial charge in [0.15, 0.2) is 0 Å². The number of nitrogens with one attached hydrogen (secondary N) is 1. The summed E-state index contributed by atoms with van der Waals surface area (Å²) >= 11 is 18.3. The molecule has 2 heterocycles. The first-order valence-corrected chi connectivity index (χ1v) is 12.3. The van der Waals surface area contributed by atoms with Gasteiger partial charge in [-0.3, -0.25) is 9.59 Å². The molecule has 35 heavy (non-hydrogen) atoms. The second kappa shape index (κ2) is 11.2. The number of furan rings is 1. The van der Waals surface area contributed by atoms with E-state index in [0.29, 0.717) is 64.9 Å². The molecule has 0 radical (unpaired) electrons. The molecule has 1 aromatic heterocycles. The van der Waals surface area contributed by atoms with Crippen molar-refractivity contribution in [2.75, 3.05) is 36.4 Å². The molecule has 0 saturated carbocycles. The Morgan fingerprint density at radius 2 is 1.66 bits per heavy atom. The third-order valence-electron chi connectivity index (χ3n) is 5.66. The van der Waals surface area contributed by atoms with Crippen LogP contribution >= 0.6 is 34.8 Å². The zero-order chi connectivity index (χ0) is 24.9. The number of amides is 2. The van der Waals surface area contributed by atoms with Crippen LogP contribution in [0.4, 0.5) is 11.4 Å². The number of carbonyl (C=O) groups is 2. The van der Waals surface area contributed by atoms with Gasteiger partial charge in [0.25, 0.3) is 0 Å². The van der Waals surface area contributed by atoms with Gasteiger partial charge in [-0.2, -0.15) is 0 Å². The number of rotatable bonds is 6. The molecule has 0 bridgehead atoms. The fourth-order valence-corrected chi connectivity index (χ4v) is 4.63. The van der Waals surface area contributed by atoms with Gasteiger partial charge in [0, 0.05) is 59.3 Å². The number of benzene rings is 2. The molecule has 4 rings (SSSR count). The summed E-state index contributed by atoms with van der Waals surface area (Å²) in [6.45, 7) is 4.50. The molecule has 0 spiro atoms. The molecular formula is C26H24Cl3N3O3. The predicted molar refractivity (Wildman–Crippen MR) is 142 cm³/mol. The Morgan fingerprint density at radius 3 is 2.34 bits per heavy atom. The highest BCUT2D eigenvalue weighted by molar-refractivity contribution is 6.35. The number of nitrogens with zero attached hydrogens (tertiary/aromatic N) is 2. The van der Waals surface area contributed by atoms with Crippen LogP contribution in [0.2, 0.25) is 15.1 Å². The van der Waals surface area contributed by atoms with Crippen LogP contribution in [-0.4, -0.2) is 42.9 Å². The number of piperazine rings is 1. The molecule has 9 heteroatoms. The lowest BCUT2D eigenvalue weighted by Gasteiger charge is -2.37. The Morgan fingerprint density at radius 1 is 0.943 bits per heavy atom. The van der Waals surface area contributed by atoms with E-state index in [1.807, 2.05) is 17.9 Å². The average Bonchev–Trinajstić information content (AvgIpc) is 3.31. The minimum atomic E-state index is -0.322. The van der Waals surface area contributed by atoms with Crippen molar-refractivity contribution < 1.29 is 14.0 Å². The fourth-order valence-electron chi connectivity index (χ4n) is 3.93. The topological polar surface area (TPSA) is 65.8 Å². The first-order valence-electron chi connectivity index (χ1n) is 11.2. The molecule has 0 atom stereocenters. The summed E-state index contributed by atoms with van der Waals surface area (Å²) < 4.78 is 5.81. The van der Waals surface area contributed by atoms with Crippen LogP contribution in [0.25, 0.3) is 17.4 Å². The van der Waals surface area contributed by atoms with E-state index < -0.39 is 0 Å². The maximum atomic E-state index is 12.7. The van der Waals surface area contributed by atoms with Gasteiger partial charge in [-0.15, -0.1) is 0 Å². The van der Waals surface area contributed by atoms with Gasteiger partial charge in [0.1, 0.15) is 11.5 Å². The van der Waals surface area contributed by atoms with Gasteiger partial charge in [0.05, 0.1) is 11.4 Å². The summed E-state index contributed by atoms with van der Waals surface area (Å²) in [5.74, 6) is 0.928. The molecule has 3 aromatic rings. The second-order valence-electron chi connectivity index (χ2n) is 8.07. The lowest BCUT2D eigenvalue weighted by Crippen LogP contribution is -2.48. The van der Waals surface area contributed by atoms with E-state index in [-0.39, 0.29) is 11.8 Å². The van der Waals surface area contributed by atoms with Crippen LogP contribution in [0.5, 0.6) is 0 Å². The number of carbonyl (C=O) groups excluding carboxylic acids is 2. The lowest BCUT2D eigenvalue weighted by molar-refractivity contribution is -0.131. The molecule has 2 aromatic carbocycles. The molecule has 1 aliphatic rings. The highest BCUT2D eigenvalue weighted by atomic mass is 35.5. The normalized spacial score (nSPS) is 13.9. The Kier molecular flexibility index (Phi) is 8.06. The van der Waals surface area contributed by atoms with E-state index in [4.69, 9.17) is 39.2 Å². The summed E-state index contributed by atoms with van der Waals surface area (Å²) in [5.41, 5.74) is 2.21. The molecule has 182 valence electrons. The first kappa shape index (κ1) is 25.2.